The maximum absolute atomic E-state index is 12.6. The van der Waals surface area contributed by atoms with Gasteiger partial charge in [-0.15, -0.1) is 11.8 Å². The van der Waals surface area contributed by atoms with Gasteiger partial charge in [-0.3, -0.25) is 4.79 Å². The number of rotatable bonds is 7. The molecule has 0 bridgehead atoms. The SMILES string of the molecule is CCCNCC(C)NC(=O)C1=CN(c2ncnc3[nH]cc(C)c23)CCS1. The fourth-order valence-corrected chi connectivity index (χ4v) is 3.84. The van der Waals surface area contributed by atoms with Crippen LogP contribution >= 0.6 is 11.8 Å². The summed E-state index contributed by atoms with van der Waals surface area (Å²) in [6.07, 6.45) is 6.49. The van der Waals surface area contributed by atoms with E-state index in [2.05, 4.69) is 37.4 Å². The van der Waals surface area contributed by atoms with Gasteiger partial charge in [0.25, 0.3) is 5.91 Å². The van der Waals surface area contributed by atoms with Crippen LogP contribution in [0.5, 0.6) is 0 Å². The number of aromatic amines is 1. The second-order valence-corrected chi connectivity index (χ2v) is 7.64. The zero-order chi connectivity index (χ0) is 18.5. The number of H-pyrrole nitrogens is 1. The highest BCUT2D eigenvalue weighted by Crippen LogP contribution is 2.30. The Bertz CT molecular complexity index is 802. The molecule has 1 atom stereocenters. The van der Waals surface area contributed by atoms with E-state index < -0.39 is 0 Å². The number of nitrogens with zero attached hydrogens (tertiary/aromatic N) is 3. The molecule has 8 heteroatoms. The number of thioether (sulfide) groups is 1. The number of nitrogens with one attached hydrogen (secondary N) is 3. The van der Waals surface area contributed by atoms with Crippen LogP contribution in [0.15, 0.2) is 23.6 Å². The van der Waals surface area contributed by atoms with E-state index in [-0.39, 0.29) is 11.9 Å². The minimum absolute atomic E-state index is 0.0263. The van der Waals surface area contributed by atoms with E-state index in [0.717, 1.165) is 59.1 Å². The highest BCUT2D eigenvalue weighted by Gasteiger charge is 2.22. The monoisotopic (exact) mass is 374 g/mol. The number of carbonyl (C=O) groups is 1. The first-order chi connectivity index (χ1) is 12.6. The molecule has 0 spiro atoms. The maximum atomic E-state index is 12.6. The molecule has 2 aromatic heterocycles. The summed E-state index contributed by atoms with van der Waals surface area (Å²) in [7, 11) is 0. The van der Waals surface area contributed by atoms with E-state index in [1.807, 2.05) is 26.2 Å². The third-order valence-electron chi connectivity index (χ3n) is 4.26. The summed E-state index contributed by atoms with van der Waals surface area (Å²) in [5, 5.41) is 7.40. The van der Waals surface area contributed by atoms with Crippen molar-refractivity contribution >= 4 is 34.5 Å². The molecule has 3 N–H and O–H groups in total. The van der Waals surface area contributed by atoms with Crippen LogP contribution in [0, 0.1) is 6.92 Å². The lowest BCUT2D eigenvalue weighted by molar-refractivity contribution is -0.117. The lowest BCUT2D eigenvalue weighted by Gasteiger charge is -2.26. The zero-order valence-corrected chi connectivity index (χ0v) is 16.3. The Morgan fingerprint density at radius 2 is 2.31 bits per heavy atom. The Hall–Kier alpha value is -2.06. The van der Waals surface area contributed by atoms with Crippen molar-refractivity contribution in [3.05, 3.63) is 29.2 Å². The van der Waals surface area contributed by atoms with Crippen molar-refractivity contribution in [2.45, 2.75) is 33.2 Å². The van der Waals surface area contributed by atoms with Gasteiger partial charge in [0, 0.05) is 37.3 Å². The Labute approximate surface area is 158 Å². The Morgan fingerprint density at radius 1 is 1.46 bits per heavy atom. The number of anilines is 1. The number of fused-ring (bicyclic) bond motifs is 1. The molecule has 3 heterocycles. The summed E-state index contributed by atoms with van der Waals surface area (Å²) in [5.41, 5.74) is 1.92. The molecule has 0 fully saturated rings. The fourth-order valence-electron chi connectivity index (χ4n) is 2.95. The second kappa shape index (κ2) is 8.55. The number of aromatic nitrogens is 3. The van der Waals surface area contributed by atoms with Crippen molar-refractivity contribution in [2.24, 2.45) is 0 Å². The van der Waals surface area contributed by atoms with Gasteiger partial charge < -0.3 is 20.5 Å². The van der Waals surface area contributed by atoms with Crippen LogP contribution in [0.1, 0.15) is 25.8 Å². The van der Waals surface area contributed by atoms with Gasteiger partial charge >= 0.3 is 0 Å². The van der Waals surface area contributed by atoms with Gasteiger partial charge in [0.2, 0.25) is 0 Å². The van der Waals surface area contributed by atoms with Gasteiger partial charge in [0.05, 0.1) is 10.3 Å². The summed E-state index contributed by atoms with van der Waals surface area (Å²) in [5.74, 6) is 1.66. The summed E-state index contributed by atoms with van der Waals surface area (Å²) < 4.78 is 0. The molecule has 0 aliphatic carbocycles. The van der Waals surface area contributed by atoms with Crippen LogP contribution < -0.4 is 15.5 Å². The number of amides is 1. The number of aryl methyl sites for hydroxylation is 1. The highest BCUT2D eigenvalue weighted by atomic mass is 32.2. The molecule has 1 unspecified atom stereocenters. The molecule has 140 valence electrons. The quantitative estimate of drug-likeness (QED) is 0.644. The topological polar surface area (TPSA) is 85.9 Å². The van der Waals surface area contributed by atoms with Crippen molar-refractivity contribution in [1.82, 2.24) is 25.6 Å². The fraction of sp³-hybridized carbons (Fsp3) is 0.500. The molecule has 1 aliphatic heterocycles. The van der Waals surface area contributed by atoms with E-state index in [9.17, 15) is 4.79 Å². The van der Waals surface area contributed by atoms with Gasteiger partial charge in [0.15, 0.2) is 0 Å². The number of hydrogen-bond acceptors (Lipinski definition) is 6. The molecule has 0 saturated heterocycles. The number of hydrogen-bond donors (Lipinski definition) is 3. The summed E-state index contributed by atoms with van der Waals surface area (Å²) >= 11 is 1.59. The predicted octanol–water partition coefficient (Wildman–Crippen LogP) is 2.17. The molecule has 2 aromatic rings. The second-order valence-electron chi connectivity index (χ2n) is 6.51. The van der Waals surface area contributed by atoms with Crippen molar-refractivity contribution in [1.29, 1.82) is 0 Å². The first-order valence-corrected chi connectivity index (χ1v) is 10.00. The van der Waals surface area contributed by atoms with Crippen LogP contribution in [-0.2, 0) is 4.79 Å². The molecule has 3 rings (SSSR count). The first-order valence-electron chi connectivity index (χ1n) is 9.01. The molecule has 26 heavy (non-hydrogen) atoms. The van der Waals surface area contributed by atoms with Gasteiger partial charge in [-0.25, -0.2) is 9.97 Å². The summed E-state index contributed by atoms with van der Waals surface area (Å²) in [6.45, 7) is 8.73. The summed E-state index contributed by atoms with van der Waals surface area (Å²) in [6, 6.07) is 0.0867. The van der Waals surface area contributed by atoms with Crippen LogP contribution in [0.4, 0.5) is 5.82 Å². The molecular formula is C18H26N6OS. The van der Waals surface area contributed by atoms with Crippen molar-refractivity contribution in [2.75, 3.05) is 30.3 Å². The third-order valence-corrected chi connectivity index (χ3v) is 5.25. The van der Waals surface area contributed by atoms with Gasteiger partial charge in [0.1, 0.15) is 17.8 Å². The summed E-state index contributed by atoms with van der Waals surface area (Å²) in [4.78, 5) is 27.3. The molecular weight excluding hydrogens is 348 g/mol. The van der Waals surface area contributed by atoms with Crippen molar-refractivity contribution in [3.8, 4) is 0 Å². The molecule has 0 radical (unpaired) electrons. The average Bonchev–Trinajstić information content (AvgIpc) is 3.03. The van der Waals surface area contributed by atoms with E-state index in [0.29, 0.717) is 0 Å². The van der Waals surface area contributed by atoms with E-state index in [1.165, 1.54) is 0 Å². The molecule has 0 saturated carbocycles. The smallest absolute Gasteiger partial charge is 0.259 e. The standard InChI is InChI=1S/C18H26N6OS/c1-4-5-19-9-13(3)23-18(25)14-10-24(6-7-26-14)17-15-12(2)8-20-16(15)21-11-22-17/h8,10-11,13,19H,4-7,9H2,1-3H3,(H,23,25)(H,20,21,22). The van der Waals surface area contributed by atoms with E-state index in [1.54, 1.807) is 18.1 Å². The van der Waals surface area contributed by atoms with Gasteiger partial charge in [-0.2, -0.15) is 0 Å². The largest absolute Gasteiger partial charge is 0.348 e. The Morgan fingerprint density at radius 3 is 3.12 bits per heavy atom. The lowest BCUT2D eigenvalue weighted by Crippen LogP contribution is -2.41. The molecule has 7 nitrogen and oxygen atoms in total. The van der Waals surface area contributed by atoms with Gasteiger partial charge in [-0.1, -0.05) is 6.92 Å². The maximum Gasteiger partial charge on any atom is 0.259 e. The third kappa shape index (κ3) is 4.19. The first kappa shape index (κ1) is 18.7. The van der Waals surface area contributed by atoms with E-state index in [4.69, 9.17) is 0 Å². The van der Waals surface area contributed by atoms with E-state index >= 15 is 0 Å². The zero-order valence-electron chi connectivity index (χ0n) is 15.5. The van der Waals surface area contributed by atoms with Crippen LogP contribution in [-0.4, -0.2) is 52.3 Å². The minimum Gasteiger partial charge on any atom is -0.348 e. The minimum atomic E-state index is -0.0263. The van der Waals surface area contributed by atoms with Crippen molar-refractivity contribution in [3.63, 3.8) is 0 Å². The van der Waals surface area contributed by atoms with Crippen molar-refractivity contribution < 1.29 is 4.79 Å². The molecule has 1 amide bonds. The normalized spacial score (nSPS) is 15.8. The Kier molecular flexibility index (Phi) is 6.16. The number of carbonyl (C=O) groups excluding carboxylic acids is 1. The predicted molar refractivity (Wildman–Crippen MR) is 107 cm³/mol. The van der Waals surface area contributed by atoms with Crippen LogP contribution in [0.25, 0.3) is 11.0 Å². The highest BCUT2D eigenvalue weighted by molar-refractivity contribution is 8.04. The molecule has 1 aliphatic rings. The Balaban J connectivity index is 1.74. The van der Waals surface area contributed by atoms with Crippen LogP contribution in [0.2, 0.25) is 0 Å². The van der Waals surface area contributed by atoms with Crippen LogP contribution in [0.3, 0.4) is 0 Å². The average molecular weight is 375 g/mol. The van der Waals surface area contributed by atoms with Gasteiger partial charge in [-0.05, 0) is 32.4 Å². The lowest BCUT2D eigenvalue weighted by atomic mass is 10.2. The molecule has 0 aromatic carbocycles.